The number of nitrogens with one attached hydrogen (secondary N) is 1. The first kappa shape index (κ1) is 22.5. The maximum atomic E-state index is 12.1. The first-order valence-corrected chi connectivity index (χ1v) is 9.76. The molecule has 6 heteroatoms. The number of ether oxygens (including phenoxy) is 1. The molecule has 0 bridgehead atoms. The summed E-state index contributed by atoms with van der Waals surface area (Å²) in [7, 11) is 4.02. The molecule has 0 unspecified atom stereocenters. The molecule has 148 valence electrons. The number of hydrogen-bond acceptors (Lipinski definition) is 6. The fourth-order valence-corrected chi connectivity index (χ4v) is 2.67. The molecular formula is C20H36N4O2. The van der Waals surface area contributed by atoms with Crippen molar-refractivity contribution in [3.05, 3.63) is 29.6 Å². The van der Waals surface area contributed by atoms with Crippen LogP contribution in [0.4, 0.5) is 0 Å². The fraction of sp³-hybridized carbons (Fsp3) is 0.700. The predicted octanol–water partition coefficient (Wildman–Crippen LogP) is 2.40. The van der Waals surface area contributed by atoms with Gasteiger partial charge in [-0.2, -0.15) is 0 Å². The molecule has 6 nitrogen and oxygen atoms in total. The fourth-order valence-electron chi connectivity index (χ4n) is 2.67. The van der Waals surface area contributed by atoms with Crippen LogP contribution in [-0.2, 0) is 11.3 Å². The second-order valence-electron chi connectivity index (χ2n) is 6.74. The molecule has 0 aliphatic carbocycles. The van der Waals surface area contributed by atoms with Crippen molar-refractivity contribution in [2.75, 3.05) is 53.4 Å². The van der Waals surface area contributed by atoms with E-state index in [4.69, 9.17) is 4.74 Å². The van der Waals surface area contributed by atoms with Gasteiger partial charge >= 0.3 is 5.97 Å². The van der Waals surface area contributed by atoms with Gasteiger partial charge in [-0.25, -0.2) is 4.79 Å². The Bertz CT molecular complexity index is 504. The van der Waals surface area contributed by atoms with E-state index in [9.17, 15) is 4.79 Å². The maximum Gasteiger partial charge on any atom is 0.338 e. The maximum absolute atomic E-state index is 12.1. The zero-order valence-corrected chi connectivity index (χ0v) is 17.0. The van der Waals surface area contributed by atoms with Crippen molar-refractivity contribution in [1.29, 1.82) is 0 Å². The number of rotatable bonds is 14. The molecule has 0 saturated heterocycles. The summed E-state index contributed by atoms with van der Waals surface area (Å²) in [5, 5.41) is 3.40. The van der Waals surface area contributed by atoms with Crippen molar-refractivity contribution in [2.24, 2.45) is 0 Å². The minimum absolute atomic E-state index is 0.272. The Morgan fingerprint density at radius 2 is 1.92 bits per heavy atom. The predicted molar refractivity (Wildman–Crippen MR) is 106 cm³/mol. The van der Waals surface area contributed by atoms with Gasteiger partial charge in [0.1, 0.15) is 0 Å². The third-order valence-corrected chi connectivity index (χ3v) is 4.31. The molecular weight excluding hydrogens is 328 g/mol. The summed E-state index contributed by atoms with van der Waals surface area (Å²) in [4.78, 5) is 20.9. The van der Waals surface area contributed by atoms with Crippen LogP contribution < -0.4 is 5.32 Å². The highest BCUT2D eigenvalue weighted by Gasteiger charge is 2.08. The Morgan fingerprint density at radius 3 is 2.62 bits per heavy atom. The van der Waals surface area contributed by atoms with Crippen molar-refractivity contribution in [1.82, 2.24) is 20.1 Å². The van der Waals surface area contributed by atoms with Gasteiger partial charge in [0.15, 0.2) is 0 Å². The van der Waals surface area contributed by atoms with Gasteiger partial charge in [0, 0.05) is 19.3 Å². The second-order valence-corrected chi connectivity index (χ2v) is 6.74. The highest BCUT2D eigenvalue weighted by Crippen LogP contribution is 2.05. The molecule has 0 aliphatic heterocycles. The van der Waals surface area contributed by atoms with E-state index >= 15 is 0 Å². The number of carbonyl (C=O) groups is 1. The molecule has 1 aromatic heterocycles. The summed E-state index contributed by atoms with van der Waals surface area (Å²) < 4.78 is 5.32. The van der Waals surface area contributed by atoms with Crippen LogP contribution in [0.25, 0.3) is 0 Å². The van der Waals surface area contributed by atoms with Gasteiger partial charge in [-0.1, -0.05) is 13.8 Å². The van der Waals surface area contributed by atoms with Crippen LogP contribution in [0.1, 0.15) is 49.2 Å². The van der Waals surface area contributed by atoms with Gasteiger partial charge in [-0.15, -0.1) is 0 Å². The molecule has 1 aromatic rings. The third-order valence-electron chi connectivity index (χ3n) is 4.31. The topological polar surface area (TPSA) is 57.7 Å². The first-order chi connectivity index (χ1) is 12.6. The zero-order valence-electron chi connectivity index (χ0n) is 17.0. The van der Waals surface area contributed by atoms with Crippen LogP contribution in [0.2, 0.25) is 0 Å². The largest absolute Gasteiger partial charge is 0.462 e. The molecule has 0 aliphatic rings. The lowest BCUT2D eigenvalue weighted by Gasteiger charge is -2.17. The number of esters is 1. The molecule has 1 heterocycles. The van der Waals surface area contributed by atoms with Gasteiger partial charge in [-0.3, -0.25) is 4.98 Å². The van der Waals surface area contributed by atoms with Gasteiger partial charge in [0.2, 0.25) is 0 Å². The molecule has 0 amide bonds. The SMILES string of the molecule is CCN(CC)CCCCNCc1cc(C(=O)OCCCN(C)C)ccn1. The van der Waals surface area contributed by atoms with Gasteiger partial charge in [0.25, 0.3) is 0 Å². The number of aromatic nitrogens is 1. The Hall–Kier alpha value is -1.50. The normalized spacial score (nSPS) is 11.3. The van der Waals surface area contributed by atoms with E-state index in [2.05, 4.69) is 33.9 Å². The lowest BCUT2D eigenvalue weighted by molar-refractivity contribution is 0.0493. The number of carbonyl (C=O) groups excluding carboxylic acids is 1. The molecule has 0 radical (unpaired) electrons. The Balaban J connectivity index is 2.25. The molecule has 1 N–H and O–H groups in total. The Labute approximate surface area is 158 Å². The smallest absolute Gasteiger partial charge is 0.338 e. The summed E-state index contributed by atoms with van der Waals surface area (Å²) in [6.45, 7) is 10.8. The van der Waals surface area contributed by atoms with E-state index in [0.717, 1.165) is 51.3 Å². The van der Waals surface area contributed by atoms with E-state index < -0.39 is 0 Å². The average molecular weight is 365 g/mol. The summed E-state index contributed by atoms with van der Waals surface area (Å²) in [6, 6.07) is 3.53. The second kappa shape index (κ2) is 13.7. The van der Waals surface area contributed by atoms with Crippen molar-refractivity contribution in [3.8, 4) is 0 Å². The van der Waals surface area contributed by atoms with E-state index in [1.165, 1.54) is 6.42 Å². The highest BCUT2D eigenvalue weighted by atomic mass is 16.5. The van der Waals surface area contributed by atoms with Crippen LogP contribution in [0.15, 0.2) is 18.3 Å². The monoisotopic (exact) mass is 364 g/mol. The van der Waals surface area contributed by atoms with Crippen molar-refractivity contribution < 1.29 is 9.53 Å². The van der Waals surface area contributed by atoms with Crippen LogP contribution in [0.3, 0.4) is 0 Å². The average Bonchev–Trinajstić information content (AvgIpc) is 2.64. The van der Waals surface area contributed by atoms with Crippen LogP contribution >= 0.6 is 0 Å². The van der Waals surface area contributed by atoms with Crippen LogP contribution in [-0.4, -0.2) is 74.2 Å². The summed E-state index contributed by atoms with van der Waals surface area (Å²) in [5.74, 6) is -0.272. The minimum atomic E-state index is -0.272. The van der Waals surface area contributed by atoms with Crippen LogP contribution in [0.5, 0.6) is 0 Å². The molecule has 26 heavy (non-hydrogen) atoms. The first-order valence-electron chi connectivity index (χ1n) is 9.76. The van der Waals surface area contributed by atoms with E-state index in [1.807, 2.05) is 20.2 Å². The van der Waals surface area contributed by atoms with E-state index in [0.29, 0.717) is 18.7 Å². The lowest BCUT2D eigenvalue weighted by atomic mass is 10.2. The number of unbranched alkanes of at least 4 members (excludes halogenated alkanes) is 1. The quantitative estimate of drug-likeness (QED) is 0.404. The van der Waals surface area contributed by atoms with Crippen molar-refractivity contribution in [3.63, 3.8) is 0 Å². The van der Waals surface area contributed by atoms with Gasteiger partial charge in [-0.05, 0) is 71.7 Å². The molecule has 0 atom stereocenters. The third kappa shape index (κ3) is 9.85. The number of hydrogen-bond donors (Lipinski definition) is 1. The molecule has 0 aromatic carbocycles. The van der Waals surface area contributed by atoms with E-state index in [-0.39, 0.29) is 5.97 Å². The Morgan fingerprint density at radius 1 is 1.15 bits per heavy atom. The van der Waals surface area contributed by atoms with Crippen molar-refractivity contribution in [2.45, 2.75) is 39.7 Å². The number of pyridine rings is 1. The van der Waals surface area contributed by atoms with E-state index in [1.54, 1.807) is 12.3 Å². The van der Waals surface area contributed by atoms with Gasteiger partial charge in [0.05, 0.1) is 17.9 Å². The van der Waals surface area contributed by atoms with Crippen molar-refractivity contribution >= 4 is 5.97 Å². The summed E-state index contributed by atoms with van der Waals surface area (Å²) >= 11 is 0. The lowest BCUT2D eigenvalue weighted by Crippen LogP contribution is -2.25. The minimum Gasteiger partial charge on any atom is -0.462 e. The Kier molecular flexibility index (Phi) is 11.9. The highest BCUT2D eigenvalue weighted by molar-refractivity contribution is 5.89. The molecule has 0 fully saturated rings. The van der Waals surface area contributed by atoms with Gasteiger partial charge < -0.3 is 19.9 Å². The summed E-state index contributed by atoms with van der Waals surface area (Å²) in [5.41, 5.74) is 1.44. The standard InChI is InChI=1S/C20H36N4O2/c1-5-24(6-2)14-8-7-11-21-17-19-16-18(10-12-22-19)20(25)26-15-9-13-23(3)4/h10,12,16,21H,5-9,11,13-15,17H2,1-4H3. The molecule has 0 saturated carbocycles. The zero-order chi connectivity index (χ0) is 19.2. The summed E-state index contributed by atoms with van der Waals surface area (Å²) in [6.07, 6.45) is 4.85. The van der Waals surface area contributed by atoms with Crippen LogP contribution in [0, 0.1) is 0 Å². The number of nitrogens with zero attached hydrogens (tertiary/aromatic N) is 3. The molecule has 0 spiro atoms. The molecule has 1 rings (SSSR count).